The minimum atomic E-state index is -3.54. The van der Waals surface area contributed by atoms with Gasteiger partial charge in [0, 0.05) is 30.5 Å². The van der Waals surface area contributed by atoms with Crippen molar-refractivity contribution < 1.29 is 8.42 Å². The topological polar surface area (TPSA) is 96.0 Å². The summed E-state index contributed by atoms with van der Waals surface area (Å²) in [5.41, 5.74) is 3.82. The average molecular weight is 412 g/mol. The first-order chi connectivity index (χ1) is 13.8. The van der Waals surface area contributed by atoms with E-state index in [1.54, 1.807) is 18.2 Å². The fourth-order valence-electron chi connectivity index (χ4n) is 2.72. The van der Waals surface area contributed by atoms with Gasteiger partial charge in [0.05, 0.1) is 4.90 Å². The van der Waals surface area contributed by atoms with Crippen LogP contribution in [0, 0.1) is 20.8 Å². The molecule has 3 rings (SSSR count). The summed E-state index contributed by atoms with van der Waals surface area (Å²) in [6, 6.07) is 16.7. The summed E-state index contributed by atoms with van der Waals surface area (Å²) in [7, 11) is -3.54. The highest BCUT2D eigenvalue weighted by atomic mass is 32.2. The smallest absolute Gasteiger partial charge is 0.240 e. The second-order valence-electron chi connectivity index (χ2n) is 6.85. The highest BCUT2D eigenvalue weighted by molar-refractivity contribution is 7.89. The SMILES string of the molecule is Cc1ccc(Nc2cc(C)nc(NCCNS(=O)(=O)c3cccc(C)c3)n2)cc1. The fraction of sp³-hybridized carbons (Fsp3) is 0.238. The number of sulfonamides is 1. The van der Waals surface area contributed by atoms with Gasteiger partial charge in [0.25, 0.3) is 0 Å². The van der Waals surface area contributed by atoms with E-state index in [0.29, 0.717) is 18.3 Å². The predicted molar refractivity (Wildman–Crippen MR) is 116 cm³/mol. The van der Waals surface area contributed by atoms with Gasteiger partial charge in [0.1, 0.15) is 5.82 Å². The van der Waals surface area contributed by atoms with Gasteiger partial charge in [0.15, 0.2) is 0 Å². The van der Waals surface area contributed by atoms with E-state index < -0.39 is 10.0 Å². The lowest BCUT2D eigenvalue weighted by Crippen LogP contribution is -2.29. The van der Waals surface area contributed by atoms with Crippen LogP contribution < -0.4 is 15.4 Å². The number of nitrogens with zero attached hydrogens (tertiary/aromatic N) is 2. The molecule has 0 amide bonds. The molecule has 152 valence electrons. The van der Waals surface area contributed by atoms with Crippen LogP contribution in [0.2, 0.25) is 0 Å². The van der Waals surface area contributed by atoms with Crippen LogP contribution in [0.15, 0.2) is 59.5 Å². The Hall–Kier alpha value is -2.97. The maximum Gasteiger partial charge on any atom is 0.240 e. The maximum absolute atomic E-state index is 12.4. The fourth-order valence-corrected chi connectivity index (χ4v) is 3.86. The monoisotopic (exact) mass is 411 g/mol. The molecule has 2 aromatic carbocycles. The molecule has 3 N–H and O–H groups in total. The Morgan fingerprint density at radius 1 is 0.862 bits per heavy atom. The first kappa shape index (κ1) is 20.8. The van der Waals surface area contributed by atoms with Crippen LogP contribution in [0.3, 0.4) is 0 Å². The summed E-state index contributed by atoms with van der Waals surface area (Å²) >= 11 is 0. The quantitative estimate of drug-likeness (QED) is 0.491. The lowest BCUT2D eigenvalue weighted by molar-refractivity contribution is 0.582. The van der Waals surface area contributed by atoms with Crippen molar-refractivity contribution in [2.75, 3.05) is 23.7 Å². The number of aromatic nitrogens is 2. The van der Waals surface area contributed by atoms with Crippen LogP contribution in [-0.2, 0) is 10.0 Å². The minimum absolute atomic E-state index is 0.217. The highest BCUT2D eigenvalue weighted by Crippen LogP contribution is 2.17. The summed E-state index contributed by atoms with van der Waals surface area (Å²) in [6.07, 6.45) is 0. The van der Waals surface area contributed by atoms with Gasteiger partial charge in [-0.1, -0.05) is 29.8 Å². The van der Waals surface area contributed by atoms with E-state index in [2.05, 4.69) is 25.3 Å². The Morgan fingerprint density at radius 3 is 2.34 bits per heavy atom. The van der Waals surface area contributed by atoms with E-state index in [-0.39, 0.29) is 11.4 Å². The zero-order chi connectivity index (χ0) is 20.9. The molecule has 0 atom stereocenters. The molecule has 0 bridgehead atoms. The molecule has 0 unspecified atom stereocenters. The molecule has 0 aliphatic rings. The van der Waals surface area contributed by atoms with Crippen LogP contribution in [0.4, 0.5) is 17.5 Å². The number of benzene rings is 2. The molecule has 0 spiro atoms. The van der Waals surface area contributed by atoms with E-state index in [1.165, 1.54) is 5.56 Å². The summed E-state index contributed by atoms with van der Waals surface area (Å²) < 4.78 is 27.3. The maximum atomic E-state index is 12.4. The average Bonchev–Trinajstić information content (AvgIpc) is 2.67. The van der Waals surface area contributed by atoms with Crippen molar-refractivity contribution in [2.45, 2.75) is 25.7 Å². The van der Waals surface area contributed by atoms with Crippen LogP contribution in [0.5, 0.6) is 0 Å². The molecule has 1 aromatic heterocycles. The Morgan fingerprint density at radius 2 is 1.62 bits per heavy atom. The third-order valence-corrected chi connectivity index (χ3v) is 5.64. The number of aryl methyl sites for hydroxylation is 3. The van der Waals surface area contributed by atoms with Crippen LogP contribution >= 0.6 is 0 Å². The zero-order valence-corrected chi connectivity index (χ0v) is 17.5. The van der Waals surface area contributed by atoms with Gasteiger partial charge in [-0.25, -0.2) is 18.1 Å². The van der Waals surface area contributed by atoms with E-state index in [9.17, 15) is 8.42 Å². The van der Waals surface area contributed by atoms with E-state index in [0.717, 1.165) is 16.9 Å². The molecular weight excluding hydrogens is 386 g/mol. The van der Waals surface area contributed by atoms with Gasteiger partial charge in [-0.15, -0.1) is 0 Å². The molecule has 7 nitrogen and oxygen atoms in total. The molecule has 29 heavy (non-hydrogen) atoms. The van der Waals surface area contributed by atoms with Gasteiger partial charge >= 0.3 is 0 Å². The zero-order valence-electron chi connectivity index (χ0n) is 16.7. The molecule has 0 aliphatic carbocycles. The second kappa shape index (κ2) is 9.02. The molecule has 0 fully saturated rings. The summed E-state index contributed by atoms with van der Waals surface area (Å²) in [4.78, 5) is 9.06. The van der Waals surface area contributed by atoms with Crippen molar-refractivity contribution in [3.05, 3.63) is 71.4 Å². The Bertz CT molecular complexity index is 1080. The van der Waals surface area contributed by atoms with Gasteiger partial charge in [-0.3, -0.25) is 0 Å². The third kappa shape index (κ3) is 6.00. The molecule has 0 saturated heterocycles. The molecular formula is C21H25N5O2S. The van der Waals surface area contributed by atoms with E-state index in [4.69, 9.17) is 0 Å². The Balaban J connectivity index is 1.58. The molecule has 0 radical (unpaired) electrons. The number of hydrogen-bond donors (Lipinski definition) is 3. The third-order valence-electron chi connectivity index (χ3n) is 4.18. The van der Waals surface area contributed by atoms with Crippen molar-refractivity contribution in [1.82, 2.24) is 14.7 Å². The Kier molecular flexibility index (Phi) is 6.46. The number of hydrogen-bond acceptors (Lipinski definition) is 6. The van der Waals surface area contributed by atoms with E-state index in [1.807, 2.05) is 57.2 Å². The summed E-state index contributed by atoms with van der Waals surface area (Å²) in [5, 5.41) is 6.32. The highest BCUT2D eigenvalue weighted by Gasteiger charge is 2.13. The standard InChI is InChI=1S/C21H25N5O2S/c1-15-7-9-18(10-8-15)25-20-14-17(3)24-21(26-20)22-11-12-23-29(27,28)19-6-4-5-16(2)13-19/h4-10,13-14,23H,11-12H2,1-3H3,(H2,22,24,25,26). The van der Waals surface area contributed by atoms with Crippen molar-refractivity contribution in [3.63, 3.8) is 0 Å². The Labute approximate surface area is 171 Å². The second-order valence-corrected chi connectivity index (χ2v) is 8.62. The lowest BCUT2D eigenvalue weighted by atomic mass is 10.2. The molecule has 1 heterocycles. The van der Waals surface area contributed by atoms with Gasteiger partial charge in [0.2, 0.25) is 16.0 Å². The van der Waals surface area contributed by atoms with Crippen LogP contribution in [0.25, 0.3) is 0 Å². The van der Waals surface area contributed by atoms with Crippen molar-refractivity contribution in [1.29, 1.82) is 0 Å². The number of rotatable bonds is 8. The van der Waals surface area contributed by atoms with Crippen molar-refractivity contribution >= 4 is 27.5 Å². The lowest BCUT2D eigenvalue weighted by Gasteiger charge is -2.11. The molecule has 0 saturated carbocycles. The van der Waals surface area contributed by atoms with Gasteiger partial charge < -0.3 is 10.6 Å². The van der Waals surface area contributed by atoms with Crippen molar-refractivity contribution in [3.8, 4) is 0 Å². The normalized spacial score (nSPS) is 11.3. The predicted octanol–water partition coefficient (Wildman–Crippen LogP) is 3.54. The molecule has 0 aliphatic heterocycles. The van der Waals surface area contributed by atoms with Crippen molar-refractivity contribution in [2.24, 2.45) is 0 Å². The van der Waals surface area contributed by atoms with E-state index >= 15 is 0 Å². The van der Waals surface area contributed by atoms with Crippen LogP contribution in [0.1, 0.15) is 16.8 Å². The van der Waals surface area contributed by atoms with Gasteiger partial charge in [-0.05, 0) is 50.6 Å². The number of anilines is 3. The minimum Gasteiger partial charge on any atom is -0.353 e. The van der Waals surface area contributed by atoms with Gasteiger partial charge in [-0.2, -0.15) is 4.98 Å². The van der Waals surface area contributed by atoms with Crippen LogP contribution in [-0.4, -0.2) is 31.5 Å². The summed E-state index contributed by atoms with van der Waals surface area (Å²) in [5.74, 6) is 1.11. The number of nitrogens with one attached hydrogen (secondary N) is 3. The summed E-state index contributed by atoms with van der Waals surface area (Å²) in [6.45, 7) is 6.35. The first-order valence-corrected chi connectivity index (χ1v) is 10.8. The largest absolute Gasteiger partial charge is 0.353 e. The molecule has 8 heteroatoms. The first-order valence-electron chi connectivity index (χ1n) is 9.31. The molecule has 3 aromatic rings.